The lowest BCUT2D eigenvalue weighted by molar-refractivity contribution is -0.00754. The molecule has 15 heavy (non-hydrogen) atoms. The molecule has 0 aliphatic rings. The third kappa shape index (κ3) is 3.91. The van der Waals surface area contributed by atoms with E-state index in [0.29, 0.717) is 12.2 Å². The fourth-order valence-electron chi connectivity index (χ4n) is 1.08. The molecule has 4 nitrogen and oxygen atoms in total. The predicted molar refractivity (Wildman–Crippen MR) is 48.6 cm³/mol. The second kappa shape index (κ2) is 5.75. The van der Waals surface area contributed by atoms with E-state index in [2.05, 4.69) is 10.1 Å². The number of alkyl halides is 2. The Morgan fingerprint density at radius 1 is 1.47 bits per heavy atom. The van der Waals surface area contributed by atoms with Gasteiger partial charge in [0.15, 0.2) is 5.82 Å². The SMILES string of the molecule is CCCCc1noc(CC(O)C(F)F)n1. The summed E-state index contributed by atoms with van der Waals surface area (Å²) in [6, 6.07) is 0. The monoisotopic (exact) mass is 220 g/mol. The Morgan fingerprint density at radius 2 is 2.20 bits per heavy atom. The van der Waals surface area contributed by atoms with Gasteiger partial charge in [-0.25, -0.2) is 8.78 Å². The fraction of sp³-hybridized carbons (Fsp3) is 0.778. The highest BCUT2D eigenvalue weighted by atomic mass is 19.3. The van der Waals surface area contributed by atoms with Crippen molar-refractivity contribution in [2.45, 2.75) is 45.1 Å². The first-order valence-electron chi connectivity index (χ1n) is 4.91. The summed E-state index contributed by atoms with van der Waals surface area (Å²) in [6.07, 6.45) is -2.21. The molecule has 1 aromatic rings. The Morgan fingerprint density at radius 3 is 2.80 bits per heavy atom. The maximum Gasteiger partial charge on any atom is 0.264 e. The number of aliphatic hydroxyl groups is 1. The van der Waals surface area contributed by atoms with Crippen molar-refractivity contribution in [3.05, 3.63) is 11.7 Å². The zero-order valence-electron chi connectivity index (χ0n) is 8.49. The van der Waals surface area contributed by atoms with E-state index in [1.807, 2.05) is 6.92 Å². The maximum absolute atomic E-state index is 12.0. The minimum atomic E-state index is -2.78. The van der Waals surface area contributed by atoms with Crippen LogP contribution in [-0.2, 0) is 12.8 Å². The highest BCUT2D eigenvalue weighted by molar-refractivity contribution is 4.88. The third-order valence-electron chi connectivity index (χ3n) is 1.94. The predicted octanol–water partition coefficient (Wildman–Crippen LogP) is 1.58. The second-order valence-corrected chi connectivity index (χ2v) is 3.31. The van der Waals surface area contributed by atoms with Crippen LogP contribution in [0.15, 0.2) is 4.52 Å². The molecule has 1 aromatic heterocycles. The zero-order valence-corrected chi connectivity index (χ0v) is 8.49. The van der Waals surface area contributed by atoms with Crippen molar-refractivity contribution in [1.29, 1.82) is 0 Å². The van der Waals surface area contributed by atoms with Gasteiger partial charge < -0.3 is 9.63 Å². The van der Waals surface area contributed by atoms with Crippen LogP contribution in [0.3, 0.4) is 0 Å². The summed E-state index contributed by atoms with van der Waals surface area (Å²) in [6.45, 7) is 2.03. The summed E-state index contributed by atoms with van der Waals surface area (Å²) in [4.78, 5) is 3.90. The summed E-state index contributed by atoms with van der Waals surface area (Å²) in [5.41, 5.74) is 0. The summed E-state index contributed by atoms with van der Waals surface area (Å²) in [7, 11) is 0. The summed E-state index contributed by atoms with van der Waals surface area (Å²) < 4.78 is 28.7. The van der Waals surface area contributed by atoms with Gasteiger partial charge in [-0.15, -0.1) is 0 Å². The quantitative estimate of drug-likeness (QED) is 0.790. The Labute approximate surface area is 86.3 Å². The van der Waals surface area contributed by atoms with E-state index >= 15 is 0 Å². The van der Waals surface area contributed by atoms with E-state index in [-0.39, 0.29) is 12.3 Å². The Balaban J connectivity index is 2.45. The molecule has 6 heteroatoms. The van der Waals surface area contributed by atoms with Crippen LogP contribution in [0.25, 0.3) is 0 Å². The first-order valence-corrected chi connectivity index (χ1v) is 4.91. The molecule has 0 amide bonds. The minimum Gasteiger partial charge on any atom is -0.387 e. The molecular formula is C9H14F2N2O2. The van der Waals surface area contributed by atoms with Gasteiger partial charge in [0, 0.05) is 6.42 Å². The topological polar surface area (TPSA) is 59.2 Å². The van der Waals surface area contributed by atoms with Crippen LogP contribution in [0.5, 0.6) is 0 Å². The van der Waals surface area contributed by atoms with Crippen LogP contribution in [0, 0.1) is 0 Å². The first-order chi connectivity index (χ1) is 7.13. The number of halogens is 2. The number of hydrogen-bond donors (Lipinski definition) is 1. The van der Waals surface area contributed by atoms with Crippen LogP contribution in [0.1, 0.15) is 31.5 Å². The lowest BCUT2D eigenvalue weighted by atomic mass is 10.2. The molecule has 1 rings (SSSR count). The van der Waals surface area contributed by atoms with E-state index in [1.165, 1.54) is 0 Å². The molecule has 0 saturated heterocycles. The van der Waals surface area contributed by atoms with Crippen molar-refractivity contribution in [1.82, 2.24) is 10.1 Å². The van der Waals surface area contributed by atoms with Gasteiger partial charge in [-0.1, -0.05) is 18.5 Å². The average Bonchev–Trinajstić information content (AvgIpc) is 2.62. The number of hydrogen-bond acceptors (Lipinski definition) is 4. The van der Waals surface area contributed by atoms with E-state index in [0.717, 1.165) is 12.8 Å². The van der Waals surface area contributed by atoms with Gasteiger partial charge in [-0.2, -0.15) is 4.98 Å². The highest BCUT2D eigenvalue weighted by Crippen LogP contribution is 2.09. The Bertz CT molecular complexity index is 291. The van der Waals surface area contributed by atoms with Gasteiger partial charge >= 0.3 is 0 Å². The number of rotatable bonds is 6. The molecule has 1 heterocycles. The molecule has 1 N–H and O–H groups in total. The van der Waals surface area contributed by atoms with E-state index in [1.54, 1.807) is 0 Å². The lowest BCUT2D eigenvalue weighted by Gasteiger charge is -2.04. The number of aliphatic hydroxyl groups excluding tert-OH is 1. The van der Waals surface area contributed by atoms with Crippen LogP contribution in [0.4, 0.5) is 8.78 Å². The molecule has 0 aromatic carbocycles. The number of nitrogens with zero attached hydrogens (tertiary/aromatic N) is 2. The Kier molecular flexibility index (Phi) is 4.61. The van der Waals surface area contributed by atoms with Crippen LogP contribution in [-0.4, -0.2) is 27.8 Å². The molecule has 0 saturated carbocycles. The normalized spacial score (nSPS) is 13.4. The molecule has 86 valence electrons. The van der Waals surface area contributed by atoms with Crippen molar-refractivity contribution < 1.29 is 18.4 Å². The van der Waals surface area contributed by atoms with Gasteiger partial charge in [0.05, 0.1) is 6.42 Å². The number of unbranched alkanes of at least 4 members (excludes halogenated alkanes) is 1. The zero-order chi connectivity index (χ0) is 11.3. The molecule has 0 fully saturated rings. The van der Waals surface area contributed by atoms with Crippen LogP contribution < -0.4 is 0 Å². The molecule has 0 aliphatic heterocycles. The number of aryl methyl sites for hydroxylation is 1. The molecule has 1 atom stereocenters. The maximum atomic E-state index is 12.0. The molecule has 1 unspecified atom stereocenters. The molecular weight excluding hydrogens is 206 g/mol. The van der Waals surface area contributed by atoms with Crippen LogP contribution in [0.2, 0.25) is 0 Å². The summed E-state index contributed by atoms with van der Waals surface area (Å²) in [5, 5.41) is 12.5. The van der Waals surface area contributed by atoms with Crippen molar-refractivity contribution in [2.24, 2.45) is 0 Å². The van der Waals surface area contributed by atoms with Crippen LogP contribution >= 0.6 is 0 Å². The Hall–Kier alpha value is -1.04. The molecule has 0 aliphatic carbocycles. The number of aromatic nitrogens is 2. The molecule has 0 radical (unpaired) electrons. The largest absolute Gasteiger partial charge is 0.387 e. The minimum absolute atomic E-state index is 0.0638. The van der Waals surface area contributed by atoms with Gasteiger partial charge in [0.25, 0.3) is 6.43 Å². The van der Waals surface area contributed by atoms with Crippen molar-refractivity contribution in [3.8, 4) is 0 Å². The second-order valence-electron chi connectivity index (χ2n) is 3.31. The molecule has 0 spiro atoms. The van der Waals surface area contributed by atoms with Crippen molar-refractivity contribution >= 4 is 0 Å². The summed E-state index contributed by atoms with van der Waals surface area (Å²) in [5.74, 6) is 0.571. The van der Waals surface area contributed by atoms with E-state index < -0.39 is 12.5 Å². The van der Waals surface area contributed by atoms with Gasteiger partial charge in [0.2, 0.25) is 5.89 Å². The molecule has 0 bridgehead atoms. The van der Waals surface area contributed by atoms with Crippen molar-refractivity contribution in [3.63, 3.8) is 0 Å². The lowest BCUT2D eigenvalue weighted by Crippen LogP contribution is -2.20. The fourth-order valence-corrected chi connectivity index (χ4v) is 1.08. The standard InChI is InChI=1S/C9H14F2N2O2/c1-2-3-4-7-12-8(15-13-7)5-6(14)9(10)11/h6,9,14H,2-5H2,1H3. The van der Waals surface area contributed by atoms with Gasteiger partial charge in [-0.3, -0.25) is 0 Å². The smallest absolute Gasteiger partial charge is 0.264 e. The van der Waals surface area contributed by atoms with E-state index in [9.17, 15) is 8.78 Å². The van der Waals surface area contributed by atoms with Gasteiger partial charge in [0.1, 0.15) is 6.10 Å². The third-order valence-corrected chi connectivity index (χ3v) is 1.94. The van der Waals surface area contributed by atoms with Gasteiger partial charge in [-0.05, 0) is 6.42 Å². The summed E-state index contributed by atoms with van der Waals surface area (Å²) >= 11 is 0. The average molecular weight is 220 g/mol. The first kappa shape index (κ1) is 12.0. The van der Waals surface area contributed by atoms with E-state index in [4.69, 9.17) is 9.63 Å². The van der Waals surface area contributed by atoms with Crippen molar-refractivity contribution in [2.75, 3.05) is 0 Å². The highest BCUT2D eigenvalue weighted by Gasteiger charge is 2.20.